The highest BCUT2D eigenvalue weighted by atomic mass is 16.6. The van der Waals surface area contributed by atoms with Gasteiger partial charge >= 0.3 is 6.03 Å². The Morgan fingerprint density at radius 1 is 1.07 bits per heavy atom. The summed E-state index contributed by atoms with van der Waals surface area (Å²) in [7, 11) is 1.64. The van der Waals surface area contributed by atoms with Crippen LogP contribution in [0.1, 0.15) is 31.0 Å². The highest BCUT2D eigenvalue weighted by molar-refractivity contribution is 5.74. The number of carbonyl (C=O) groups is 1. The number of amides is 2. The van der Waals surface area contributed by atoms with Crippen molar-refractivity contribution in [2.24, 2.45) is 5.92 Å². The number of carbonyl (C=O) groups excluding carboxylic acids is 1. The Morgan fingerprint density at radius 3 is 2.44 bits per heavy atom. The van der Waals surface area contributed by atoms with Crippen LogP contribution in [-0.4, -0.2) is 26.4 Å². The fraction of sp³-hybridized carbons (Fsp3) is 0.381. The normalized spacial score (nSPS) is 13.8. The van der Waals surface area contributed by atoms with Crippen LogP contribution in [-0.2, 0) is 6.54 Å². The Bertz CT molecular complexity index is 774. The van der Waals surface area contributed by atoms with Crippen molar-refractivity contribution in [1.29, 1.82) is 0 Å². The van der Waals surface area contributed by atoms with Gasteiger partial charge in [0.05, 0.1) is 13.2 Å². The van der Waals surface area contributed by atoms with Crippen LogP contribution in [0.3, 0.4) is 0 Å². The minimum atomic E-state index is -0.209. The molecule has 0 aromatic heterocycles. The quantitative estimate of drug-likeness (QED) is 0.814. The molecule has 6 nitrogen and oxygen atoms in total. The van der Waals surface area contributed by atoms with Gasteiger partial charge < -0.3 is 24.8 Å². The van der Waals surface area contributed by atoms with E-state index >= 15 is 0 Å². The molecule has 27 heavy (non-hydrogen) atoms. The molecule has 1 aliphatic rings. The number of hydrogen-bond acceptors (Lipinski definition) is 4. The van der Waals surface area contributed by atoms with Gasteiger partial charge in [-0.1, -0.05) is 32.0 Å². The second-order valence-corrected chi connectivity index (χ2v) is 6.80. The number of fused-ring (bicyclic) bond motifs is 1. The van der Waals surface area contributed by atoms with Crippen LogP contribution >= 0.6 is 0 Å². The Kier molecular flexibility index (Phi) is 6.06. The maximum absolute atomic E-state index is 12.4. The van der Waals surface area contributed by atoms with Gasteiger partial charge in [-0.15, -0.1) is 0 Å². The monoisotopic (exact) mass is 370 g/mol. The number of rotatable bonds is 6. The Hall–Kier alpha value is -2.89. The van der Waals surface area contributed by atoms with Crippen molar-refractivity contribution in [3.05, 3.63) is 53.6 Å². The molecular weight excluding hydrogens is 344 g/mol. The molecule has 0 unspecified atom stereocenters. The second-order valence-electron chi connectivity index (χ2n) is 6.80. The summed E-state index contributed by atoms with van der Waals surface area (Å²) in [4.78, 5) is 12.4. The zero-order valence-electron chi connectivity index (χ0n) is 16.0. The molecule has 0 radical (unpaired) electrons. The van der Waals surface area contributed by atoms with E-state index in [4.69, 9.17) is 14.2 Å². The predicted molar refractivity (Wildman–Crippen MR) is 103 cm³/mol. The molecule has 2 aromatic rings. The van der Waals surface area contributed by atoms with E-state index in [9.17, 15) is 4.79 Å². The molecule has 1 aliphatic heterocycles. The fourth-order valence-corrected chi connectivity index (χ4v) is 3.02. The lowest BCUT2D eigenvalue weighted by molar-refractivity contribution is 0.171. The van der Waals surface area contributed by atoms with Gasteiger partial charge in [-0.3, -0.25) is 0 Å². The predicted octanol–water partition coefficient (Wildman–Crippen LogP) is 3.66. The summed E-state index contributed by atoms with van der Waals surface area (Å²) in [6.07, 6.45) is 0. The molecule has 2 aromatic carbocycles. The van der Waals surface area contributed by atoms with Gasteiger partial charge in [0.25, 0.3) is 0 Å². The summed E-state index contributed by atoms with van der Waals surface area (Å²) in [5.41, 5.74) is 2.00. The van der Waals surface area contributed by atoms with E-state index in [-0.39, 0.29) is 18.0 Å². The fourth-order valence-electron chi connectivity index (χ4n) is 3.02. The van der Waals surface area contributed by atoms with Crippen molar-refractivity contribution < 1.29 is 19.0 Å². The van der Waals surface area contributed by atoms with Crippen molar-refractivity contribution >= 4 is 6.03 Å². The topological polar surface area (TPSA) is 68.8 Å². The molecule has 144 valence electrons. The molecule has 1 heterocycles. The molecule has 1 atom stereocenters. The SMILES string of the molecule is COc1ccc([C@@H](NC(=O)NCc2ccc3c(c2)OCCO3)C(C)C)cc1. The number of nitrogens with one attached hydrogen (secondary N) is 2. The van der Waals surface area contributed by atoms with Gasteiger partial charge in [0.15, 0.2) is 11.5 Å². The van der Waals surface area contributed by atoms with Crippen LogP contribution in [0.25, 0.3) is 0 Å². The smallest absolute Gasteiger partial charge is 0.315 e. The van der Waals surface area contributed by atoms with E-state index in [1.807, 2.05) is 42.5 Å². The van der Waals surface area contributed by atoms with Crippen LogP contribution in [0.15, 0.2) is 42.5 Å². The molecule has 6 heteroatoms. The number of urea groups is 1. The summed E-state index contributed by atoms with van der Waals surface area (Å²) in [6, 6.07) is 13.2. The molecule has 0 saturated carbocycles. The first-order valence-corrected chi connectivity index (χ1v) is 9.13. The molecule has 2 amide bonds. The lowest BCUT2D eigenvalue weighted by atomic mass is 9.96. The second kappa shape index (κ2) is 8.66. The van der Waals surface area contributed by atoms with Gasteiger partial charge in [-0.2, -0.15) is 0 Å². The van der Waals surface area contributed by atoms with Crippen molar-refractivity contribution in [2.45, 2.75) is 26.4 Å². The third kappa shape index (κ3) is 4.84. The molecular formula is C21H26N2O4. The summed E-state index contributed by atoms with van der Waals surface area (Å²) in [6.45, 7) is 5.68. The van der Waals surface area contributed by atoms with Crippen LogP contribution in [0.2, 0.25) is 0 Å². The molecule has 0 spiro atoms. The zero-order valence-corrected chi connectivity index (χ0v) is 16.0. The minimum Gasteiger partial charge on any atom is -0.497 e. The van der Waals surface area contributed by atoms with Crippen LogP contribution in [0.4, 0.5) is 4.79 Å². The highest BCUT2D eigenvalue weighted by Gasteiger charge is 2.18. The van der Waals surface area contributed by atoms with Crippen LogP contribution in [0, 0.1) is 5.92 Å². The molecule has 0 bridgehead atoms. The van der Waals surface area contributed by atoms with Crippen molar-refractivity contribution in [2.75, 3.05) is 20.3 Å². The molecule has 2 N–H and O–H groups in total. The zero-order chi connectivity index (χ0) is 19.2. The van der Waals surface area contributed by atoms with E-state index in [0.29, 0.717) is 19.8 Å². The first-order valence-electron chi connectivity index (χ1n) is 9.13. The summed E-state index contributed by atoms with van der Waals surface area (Å²) in [5.74, 6) is 2.51. The lowest BCUT2D eigenvalue weighted by Crippen LogP contribution is -2.39. The maximum atomic E-state index is 12.4. The van der Waals surface area contributed by atoms with Crippen LogP contribution < -0.4 is 24.8 Å². The van der Waals surface area contributed by atoms with Crippen molar-refractivity contribution in [1.82, 2.24) is 10.6 Å². The summed E-state index contributed by atoms with van der Waals surface area (Å²) >= 11 is 0. The van der Waals surface area contributed by atoms with Crippen LogP contribution in [0.5, 0.6) is 17.2 Å². The summed E-state index contributed by atoms with van der Waals surface area (Å²) in [5, 5.41) is 5.97. The van der Waals surface area contributed by atoms with E-state index < -0.39 is 0 Å². The standard InChI is InChI=1S/C21H26N2O4/c1-14(2)20(16-5-7-17(25-3)8-6-16)23-21(24)22-13-15-4-9-18-19(12-15)27-11-10-26-18/h4-9,12,14,20H,10-11,13H2,1-3H3,(H2,22,23,24)/t20-/m0/s1. The summed E-state index contributed by atoms with van der Waals surface area (Å²) < 4.78 is 16.3. The number of benzene rings is 2. The van der Waals surface area contributed by atoms with Gasteiger partial charge in [0, 0.05) is 6.54 Å². The lowest BCUT2D eigenvalue weighted by Gasteiger charge is -2.23. The van der Waals surface area contributed by atoms with E-state index in [1.54, 1.807) is 7.11 Å². The Morgan fingerprint density at radius 2 is 1.78 bits per heavy atom. The molecule has 3 rings (SSSR count). The first-order chi connectivity index (χ1) is 13.1. The van der Waals surface area contributed by atoms with Crippen molar-refractivity contribution in [3.63, 3.8) is 0 Å². The molecule has 0 aliphatic carbocycles. The van der Waals surface area contributed by atoms with Gasteiger partial charge in [0.2, 0.25) is 0 Å². The third-order valence-corrected chi connectivity index (χ3v) is 4.49. The average Bonchev–Trinajstić information content (AvgIpc) is 2.70. The molecule has 0 saturated heterocycles. The first kappa shape index (κ1) is 18.9. The third-order valence-electron chi connectivity index (χ3n) is 4.49. The maximum Gasteiger partial charge on any atom is 0.315 e. The van der Waals surface area contributed by atoms with Gasteiger partial charge in [-0.25, -0.2) is 4.79 Å². The Labute approximate surface area is 159 Å². The Balaban J connectivity index is 1.59. The van der Waals surface area contributed by atoms with Gasteiger partial charge in [-0.05, 0) is 41.3 Å². The van der Waals surface area contributed by atoms with E-state index in [2.05, 4.69) is 24.5 Å². The number of hydrogen-bond donors (Lipinski definition) is 2. The highest BCUT2D eigenvalue weighted by Crippen LogP contribution is 2.30. The van der Waals surface area contributed by atoms with Gasteiger partial charge in [0.1, 0.15) is 19.0 Å². The molecule has 0 fully saturated rings. The minimum absolute atomic E-state index is 0.0869. The average molecular weight is 370 g/mol. The number of ether oxygens (including phenoxy) is 3. The van der Waals surface area contributed by atoms with Crippen molar-refractivity contribution in [3.8, 4) is 17.2 Å². The van der Waals surface area contributed by atoms with E-state index in [1.165, 1.54) is 0 Å². The number of methoxy groups -OCH3 is 1. The van der Waals surface area contributed by atoms with E-state index in [0.717, 1.165) is 28.4 Å². The largest absolute Gasteiger partial charge is 0.497 e.